The lowest BCUT2D eigenvalue weighted by Crippen LogP contribution is -2.24. The molecule has 0 saturated heterocycles. The SMILES string of the molecule is CC(C)(C)ONc1nc(Cl)nc(Nc2ccc3sncc3c2)n1. The van der Waals surface area contributed by atoms with E-state index in [0.29, 0.717) is 5.95 Å². The Morgan fingerprint density at radius 2 is 1.91 bits per heavy atom. The number of halogens is 1. The quantitative estimate of drug-likeness (QED) is 0.687. The Morgan fingerprint density at radius 3 is 2.70 bits per heavy atom. The fourth-order valence-corrected chi connectivity index (χ4v) is 2.52. The second-order valence-electron chi connectivity index (χ2n) is 5.77. The monoisotopic (exact) mass is 350 g/mol. The van der Waals surface area contributed by atoms with E-state index < -0.39 is 0 Å². The zero-order chi connectivity index (χ0) is 16.4. The molecule has 0 unspecified atom stereocenters. The summed E-state index contributed by atoms with van der Waals surface area (Å²) >= 11 is 7.39. The molecule has 2 aromatic heterocycles. The minimum atomic E-state index is -0.385. The molecule has 0 aliphatic heterocycles. The molecule has 0 spiro atoms. The first-order valence-electron chi connectivity index (χ1n) is 6.86. The average molecular weight is 351 g/mol. The van der Waals surface area contributed by atoms with Crippen molar-refractivity contribution in [2.24, 2.45) is 0 Å². The van der Waals surface area contributed by atoms with Crippen LogP contribution in [0.25, 0.3) is 10.1 Å². The van der Waals surface area contributed by atoms with Crippen LogP contribution in [-0.2, 0) is 4.84 Å². The highest BCUT2D eigenvalue weighted by Crippen LogP contribution is 2.24. The van der Waals surface area contributed by atoms with Crippen molar-refractivity contribution in [3.63, 3.8) is 0 Å². The highest BCUT2D eigenvalue weighted by Gasteiger charge is 2.13. The van der Waals surface area contributed by atoms with Gasteiger partial charge in [-0.15, -0.1) is 0 Å². The van der Waals surface area contributed by atoms with Gasteiger partial charge >= 0.3 is 0 Å². The van der Waals surface area contributed by atoms with Crippen LogP contribution in [-0.4, -0.2) is 24.9 Å². The maximum absolute atomic E-state index is 5.94. The zero-order valence-corrected chi connectivity index (χ0v) is 14.4. The molecule has 0 radical (unpaired) electrons. The van der Waals surface area contributed by atoms with Crippen molar-refractivity contribution in [2.45, 2.75) is 26.4 Å². The lowest BCUT2D eigenvalue weighted by atomic mass is 10.2. The van der Waals surface area contributed by atoms with Crippen LogP contribution >= 0.6 is 23.1 Å². The number of benzene rings is 1. The largest absolute Gasteiger partial charge is 0.324 e. The molecule has 1 aromatic carbocycles. The van der Waals surface area contributed by atoms with Crippen LogP contribution in [0.1, 0.15) is 20.8 Å². The molecule has 0 amide bonds. The Kier molecular flexibility index (Phi) is 4.29. The predicted molar refractivity (Wildman–Crippen MR) is 92.2 cm³/mol. The second kappa shape index (κ2) is 6.23. The fraction of sp³-hybridized carbons (Fsp3) is 0.286. The molecule has 3 rings (SSSR count). The first-order chi connectivity index (χ1) is 10.9. The van der Waals surface area contributed by atoms with Crippen molar-refractivity contribution in [3.05, 3.63) is 29.7 Å². The first kappa shape index (κ1) is 15.9. The predicted octanol–water partition coefficient (Wildman–Crippen LogP) is 4.02. The van der Waals surface area contributed by atoms with Crippen molar-refractivity contribution in [1.82, 2.24) is 19.3 Å². The van der Waals surface area contributed by atoms with Crippen molar-refractivity contribution in [1.29, 1.82) is 0 Å². The summed E-state index contributed by atoms with van der Waals surface area (Å²) in [6.07, 6.45) is 1.82. The number of nitrogens with one attached hydrogen (secondary N) is 2. The van der Waals surface area contributed by atoms with Gasteiger partial charge in [-0.05, 0) is 62.1 Å². The van der Waals surface area contributed by atoms with Gasteiger partial charge in [0.1, 0.15) is 0 Å². The number of aromatic nitrogens is 4. The summed E-state index contributed by atoms with van der Waals surface area (Å²) in [5.41, 5.74) is 3.13. The van der Waals surface area contributed by atoms with E-state index >= 15 is 0 Å². The van der Waals surface area contributed by atoms with Gasteiger partial charge in [0.15, 0.2) is 0 Å². The molecule has 9 heteroatoms. The van der Waals surface area contributed by atoms with Gasteiger partial charge in [0.25, 0.3) is 5.95 Å². The van der Waals surface area contributed by atoms with Gasteiger partial charge in [-0.1, -0.05) is 0 Å². The third-order valence-electron chi connectivity index (χ3n) is 2.67. The van der Waals surface area contributed by atoms with Crippen LogP contribution in [0.2, 0.25) is 5.28 Å². The molecular weight excluding hydrogens is 336 g/mol. The van der Waals surface area contributed by atoms with Gasteiger partial charge in [0, 0.05) is 17.3 Å². The lowest BCUT2D eigenvalue weighted by molar-refractivity contribution is 0.0358. The van der Waals surface area contributed by atoms with E-state index in [-0.39, 0.29) is 16.8 Å². The highest BCUT2D eigenvalue weighted by atomic mass is 35.5. The van der Waals surface area contributed by atoms with Gasteiger partial charge in [-0.3, -0.25) is 4.84 Å². The van der Waals surface area contributed by atoms with Crippen LogP contribution in [0.5, 0.6) is 0 Å². The summed E-state index contributed by atoms with van der Waals surface area (Å²) in [4.78, 5) is 17.7. The maximum Gasteiger partial charge on any atom is 0.253 e. The van der Waals surface area contributed by atoms with Crippen molar-refractivity contribution in [3.8, 4) is 0 Å². The second-order valence-corrected chi connectivity index (χ2v) is 6.94. The van der Waals surface area contributed by atoms with E-state index in [2.05, 4.69) is 30.1 Å². The minimum absolute atomic E-state index is 0.0702. The van der Waals surface area contributed by atoms with Crippen molar-refractivity contribution in [2.75, 3.05) is 10.8 Å². The summed E-state index contributed by atoms with van der Waals surface area (Å²) < 4.78 is 5.27. The van der Waals surface area contributed by atoms with Gasteiger partial charge in [-0.25, -0.2) is 5.48 Å². The number of nitrogens with zero attached hydrogens (tertiary/aromatic N) is 4. The Hall–Kier alpha value is -2.03. The molecule has 120 valence electrons. The molecule has 7 nitrogen and oxygen atoms in total. The molecule has 0 atom stereocenters. The molecule has 2 N–H and O–H groups in total. The number of rotatable bonds is 4. The third-order valence-corrected chi connectivity index (χ3v) is 3.61. The summed E-state index contributed by atoms with van der Waals surface area (Å²) in [5, 5.41) is 4.22. The fourth-order valence-electron chi connectivity index (χ4n) is 1.73. The molecule has 0 bridgehead atoms. The Bertz CT molecular complexity index is 831. The van der Waals surface area contributed by atoms with E-state index in [1.54, 1.807) is 0 Å². The molecule has 3 aromatic rings. The smallest absolute Gasteiger partial charge is 0.253 e. The van der Waals surface area contributed by atoms with Crippen LogP contribution in [0.4, 0.5) is 17.6 Å². The Balaban J connectivity index is 1.80. The summed E-state index contributed by atoms with van der Waals surface area (Å²) in [6, 6.07) is 5.88. The average Bonchev–Trinajstić information content (AvgIpc) is 2.91. The number of hydrogen-bond donors (Lipinski definition) is 2. The first-order valence-corrected chi connectivity index (χ1v) is 8.01. The molecular formula is C14H15ClN6OS. The van der Waals surface area contributed by atoms with E-state index in [4.69, 9.17) is 16.4 Å². The standard InChI is InChI=1S/C14H15ClN6OS/c1-14(2,3)22-21-13-19-11(15)18-12(20-13)17-9-4-5-10-8(6-9)7-16-23-10/h4-7H,1-3H3,(H2,17,18,19,20,21). The van der Waals surface area contributed by atoms with Crippen LogP contribution in [0, 0.1) is 0 Å². The molecule has 0 aliphatic rings. The Morgan fingerprint density at radius 1 is 1.13 bits per heavy atom. The molecule has 0 fully saturated rings. The third kappa shape index (κ3) is 4.25. The van der Waals surface area contributed by atoms with E-state index in [0.717, 1.165) is 15.8 Å². The topological polar surface area (TPSA) is 84.9 Å². The summed E-state index contributed by atoms with van der Waals surface area (Å²) in [6.45, 7) is 5.73. The van der Waals surface area contributed by atoms with Crippen molar-refractivity contribution >= 4 is 50.8 Å². The Labute approximate surface area is 142 Å². The van der Waals surface area contributed by atoms with E-state index in [9.17, 15) is 0 Å². The number of hydrogen-bond acceptors (Lipinski definition) is 8. The van der Waals surface area contributed by atoms with Crippen LogP contribution < -0.4 is 10.8 Å². The molecule has 0 aliphatic carbocycles. The summed E-state index contributed by atoms with van der Waals surface area (Å²) in [7, 11) is 0. The van der Waals surface area contributed by atoms with Gasteiger partial charge in [0.05, 0.1) is 10.3 Å². The zero-order valence-electron chi connectivity index (χ0n) is 12.8. The van der Waals surface area contributed by atoms with Gasteiger partial charge < -0.3 is 5.32 Å². The van der Waals surface area contributed by atoms with Crippen molar-refractivity contribution < 1.29 is 4.84 Å². The van der Waals surface area contributed by atoms with Gasteiger partial charge in [0.2, 0.25) is 11.2 Å². The van der Waals surface area contributed by atoms with Gasteiger partial charge in [-0.2, -0.15) is 19.3 Å². The molecule has 2 heterocycles. The molecule has 23 heavy (non-hydrogen) atoms. The lowest BCUT2D eigenvalue weighted by Gasteiger charge is -2.19. The van der Waals surface area contributed by atoms with Crippen LogP contribution in [0.3, 0.4) is 0 Å². The number of fused-ring (bicyclic) bond motifs is 1. The van der Waals surface area contributed by atoms with E-state index in [1.165, 1.54) is 11.5 Å². The maximum atomic E-state index is 5.94. The van der Waals surface area contributed by atoms with E-state index in [1.807, 2.05) is 45.2 Å². The van der Waals surface area contributed by atoms with Crippen LogP contribution in [0.15, 0.2) is 24.4 Å². The number of anilines is 3. The minimum Gasteiger partial charge on any atom is -0.324 e. The normalized spacial score (nSPS) is 11.7. The molecule has 0 saturated carbocycles. The highest BCUT2D eigenvalue weighted by molar-refractivity contribution is 7.13. The summed E-state index contributed by atoms with van der Waals surface area (Å²) in [5.74, 6) is 0.563.